The van der Waals surface area contributed by atoms with Crippen LogP contribution >= 0.6 is 11.3 Å². The molecule has 5 nitrogen and oxygen atoms in total. The Morgan fingerprint density at radius 2 is 2.30 bits per heavy atom. The van der Waals surface area contributed by atoms with Crippen LogP contribution in [0.4, 0.5) is 0 Å². The second-order valence-electron chi connectivity index (χ2n) is 4.26. The lowest BCUT2D eigenvalue weighted by Gasteiger charge is -2.17. The summed E-state index contributed by atoms with van der Waals surface area (Å²) in [5, 5.41) is 1.98. The number of ether oxygens (including phenoxy) is 2. The SMILES string of the molecule is CCCOc1cncc(C(NN)c2sccc2OC)c1. The smallest absolute Gasteiger partial charge is 0.137 e. The minimum atomic E-state index is -0.164. The Hall–Kier alpha value is -1.63. The zero-order chi connectivity index (χ0) is 14.4. The van der Waals surface area contributed by atoms with E-state index in [0.717, 1.165) is 28.4 Å². The Bertz CT molecular complexity index is 545. The Balaban J connectivity index is 2.27. The molecule has 0 bridgehead atoms. The number of hydrogen-bond acceptors (Lipinski definition) is 6. The van der Waals surface area contributed by atoms with Crippen molar-refractivity contribution < 1.29 is 9.47 Å². The van der Waals surface area contributed by atoms with Crippen molar-refractivity contribution in [1.29, 1.82) is 0 Å². The third-order valence-corrected chi connectivity index (χ3v) is 3.81. The van der Waals surface area contributed by atoms with Gasteiger partial charge in [-0.1, -0.05) is 6.92 Å². The predicted octanol–water partition coefficient (Wildman–Crippen LogP) is 2.49. The van der Waals surface area contributed by atoms with Gasteiger partial charge in [0.2, 0.25) is 0 Å². The Morgan fingerprint density at radius 1 is 1.45 bits per heavy atom. The van der Waals surface area contributed by atoms with Crippen LogP contribution in [0, 0.1) is 0 Å². The minimum absolute atomic E-state index is 0.164. The molecule has 2 aromatic heterocycles. The van der Waals surface area contributed by atoms with Gasteiger partial charge in [0, 0.05) is 6.20 Å². The van der Waals surface area contributed by atoms with Crippen LogP contribution in [-0.4, -0.2) is 18.7 Å². The van der Waals surface area contributed by atoms with Gasteiger partial charge in [-0.05, 0) is 29.5 Å². The first kappa shape index (κ1) is 14.8. The topological polar surface area (TPSA) is 69.4 Å². The summed E-state index contributed by atoms with van der Waals surface area (Å²) >= 11 is 1.59. The van der Waals surface area contributed by atoms with E-state index in [2.05, 4.69) is 17.3 Å². The molecular weight excluding hydrogens is 274 g/mol. The number of methoxy groups -OCH3 is 1. The summed E-state index contributed by atoms with van der Waals surface area (Å²) in [6, 6.07) is 3.71. The molecule has 0 fully saturated rings. The molecule has 108 valence electrons. The number of nitrogens with zero attached hydrogens (tertiary/aromatic N) is 1. The molecule has 0 saturated heterocycles. The fraction of sp³-hybridized carbons (Fsp3) is 0.357. The molecule has 2 aromatic rings. The third-order valence-electron chi connectivity index (χ3n) is 2.85. The molecular formula is C14H19N3O2S. The molecule has 0 aliphatic carbocycles. The van der Waals surface area contributed by atoms with Crippen molar-refractivity contribution in [2.45, 2.75) is 19.4 Å². The average Bonchev–Trinajstić information content (AvgIpc) is 2.95. The van der Waals surface area contributed by atoms with E-state index in [0.29, 0.717) is 6.61 Å². The van der Waals surface area contributed by atoms with Crippen molar-refractivity contribution in [3.05, 3.63) is 40.3 Å². The van der Waals surface area contributed by atoms with E-state index in [1.54, 1.807) is 30.8 Å². The number of thiophene rings is 1. The Kier molecular flexibility index (Phi) is 5.34. The van der Waals surface area contributed by atoms with E-state index < -0.39 is 0 Å². The number of rotatable bonds is 7. The number of hydrogen-bond donors (Lipinski definition) is 2. The maximum atomic E-state index is 5.70. The zero-order valence-electron chi connectivity index (χ0n) is 11.6. The van der Waals surface area contributed by atoms with Crippen LogP contribution in [0.2, 0.25) is 0 Å². The highest BCUT2D eigenvalue weighted by Gasteiger charge is 2.19. The first-order valence-corrected chi connectivity index (χ1v) is 7.33. The van der Waals surface area contributed by atoms with E-state index in [1.165, 1.54) is 0 Å². The molecule has 20 heavy (non-hydrogen) atoms. The van der Waals surface area contributed by atoms with Gasteiger partial charge in [-0.25, -0.2) is 5.43 Å². The van der Waals surface area contributed by atoms with Crippen molar-refractivity contribution in [3.8, 4) is 11.5 Å². The number of aromatic nitrogens is 1. The summed E-state index contributed by atoms with van der Waals surface area (Å²) in [5.41, 5.74) is 3.76. The lowest BCUT2D eigenvalue weighted by Crippen LogP contribution is -2.28. The highest BCUT2D eigenvalue weighted by atomic mass is 32.1. The minimum Gasteiger partial charge on any atom is -0.496 e. The van der Waals surface area contributed by atoms with E-state index in [9.17, 15) is 0 Å². The zero-order valence-corrected chi connectivity index (χ0v) is 12.4. The molecule has 1 atom stereocenters. The number of pyridine rings is 1. The molecule has 0 aliphatic rings. The highest BCUT2D eigenvalue weighted by Crippen LogP contribution is 2.34. The molecule has 0 amide bonds. The van der Waals surface area contributed by atoms with Gasteiger partial charge < -0.3 is 9.47 Å². The molecule has 0 aliphatic heterocycles. The van der Waals surface area contributed by atoms with Gasteiger partial charge in [-0.2, -0.15) is 0 Å². The highest BCUT2D eigenvalue weighted by molar-refractivity contribution is 7.10. The Morgan fingerprint density at radius 3 is 3.00 bits per heavy atom. The largest absolute Gasteiger partial charge is 0.496 e. The second kappa shape index (κ2) is 7.23. The maximum absolute atomic E-state index is 5.70. The number of hydrazine groups is 1. The van der Waals surface area contributed by atoms with E-state index >= 15 is 0 Å². The molecule has 2 rings (SSSR count). The maximum Gasteiger partial charge on any atom is 0.137 e. The van der Waals surface area contributed by atoms with Crippen LogP contribution in [0.3, 0.4) is 0 Å². The van der Waals surface area contributed by atoms with E-state index in [-0.39, 0.29) is 6.04 Å². The van der Waals surface area contributed by atoms with Gasteiger partial charge >= 0.3 is 0 Å². The first-order valence-electron chi connectivity index (χ1n) is 6.45. The summed E-state index contributed by atoms with van der Waals surface area (Å²) in [4.78, 5) is 5.23. The first-order chi connectivity index (χ1) is 9.80. The summed E-state index contributed by atoms with van der Waals surface area (Å²) in [6.07, 6.45) is 4.45. The van der Waals surface area contributed by atoms with Crippen molar-refractivity contribution in [3.63, 3.8) is 0 Å². The monoisotopic (exact) mass is 293 g/mol. The van der Waals surface area contributed by atoms with Crippen molar-refractivity contribution in [1.82, 2.24) is 10.4 Å². The molecule has 0 aromatic carbocycles. The predicted molar refractivity (Wildman–Crippen MR) is 80.1 cm³/mol. The van der Waals surface area contributed by atoms with E-state index in [4.69, 9.17) is 15.3 Å². The Labute approximate surface area is 122 Å². The average molecular weight is 293 g/mol. The third kappa shape index (κ3) is 3.27. The summed E-state index contributed by atoms with van der Waals surface area (Å²) in [5.74, 6) is 7.27. The van der Waals surface area contributed by atoms with E-state index in [1.807, 2.05) is 17.5 Å². The normalized spacial score (nSPS) is 12.2. The summed E-state index contributed by atoms with van der Waals surface area (Å²) < 4.78 is 11.0. The van der Waals surface area contributed by atoms with Gasteiger partial charge in [0.15, 0.2) is 0 Å². The van der Waals surface area contributed by atoms with Crippen LogP contribution < -0.4 is 20.7 Å². The van der Waals surface area contributed by atoms with Gasteiger partial charge in [0.25, 0.3) is 0 Å². The van der Waals surface area contributed by atoms with Gasteiger partial charge in [0.1, 0.15) is 11.5 Å². The second-order valence-corrected chi connectivity index (χ2v) is 5.20. The molecule has 1 unspecified atom stereocenters. The van der Waals surface area contributed by atoms with Crippen LogP contribution in [0.5, 0.6) is 11.5 Å². The fourth-order valence-corrected chi connectivity index (χ4v) is 2.85. The fourth-order valence-electron chi connectivity index (χ4n) is 1.90. The summed E-state index contributed by atoms with van der Waals surface area (Å²) in [6.45, 7) is 2.74. The van der Waals surface area contributed by atoms with Gasteiger partial charge in [-0.15, -0.1) is 11.3 Å². The standard InChI is InChI=1S/C14H19N3O2S/c1-3-5-19-11-7-10(8-16-9-11)13(17-15)14-12(18-2)4-6-20-14/h4,6-9,13,17H,3,5,15H2,1-2H3. The molecule has 0 spiro atoms. The van der Waals surface area contributed by atoms with Crippen LogP contribution in [0.1, 0.15) is 29.8 Å². The molecule has 0 saturated carbocycles. The van der Waals surface area contributed by atoms with Crippen LogP contribution in [0.15, 0.2) is 29.9 Å². The summed E-state index contributed by atoms with van der Waals surface area (Å²) in [7, 11) is 1.65. The van der Waals surface area contributed by atoms with Crippen LogP contribution in [-0.2, 0) is 0 Å². The lowest BCUT2D eigenvalue weighted by atomic mass is 10.1. The number of nitrogens with one attached hydrogen (secondary N) is 1. The van der Waals surface area contributed by atoms with Crippen molar-refractivity contribution >= 4 is 11.3 Å². The van der Waals surface area contributed by atoms with Crippen LogP contribution in [0.25, 0.3) is 0 Å². The van der Waals surface area contributed by atoms with Crippen molar-refractivity contribution in [2.24, 2.45) is 5.84 Å². The molecule has 2 heterocycles. The van der Waals surface area contributed by atoms with Gasteiger partial charge in [-0.3, -0.25) is 10.8 Å². The molecule has 3 N–H and O–H groups in total. The number of nitrogens with two attached hydrogens (primary N) is 1. The molecule has 0 radical (unpaired) electrons. The molecule has 6 heteroatoms. The quantitative estimate of drug-likeness (QED) is 0.606. The lowest BCUT2D eigenvalue weighted by molar-refractivity contribution is 0.315. The van der Waals surface area contributed by atoms with Gasteiger partial charge in [0.05, 0.1) is 30.8 Å². The van der Waals surface area contributed by atoms with Crippen molar-refractivity contribution in [2.75, 3.05) is 13.7 Å².